The smallest absolute Gasteiger partial charge is 0.410 e. The SMILES string of the molecule is CC(C)(C)OC(=O)N1CCC(C2c3ncccc3C(CCC(O)c3cnc[nH]3)=CC3CC(Cl)C=CC32)CC1. The van der Waals surface area contributed by atoms with Crippen molar-refractivity contribution >= 4 is 23.3 Å². The lowest BCUT2D eigenvalue weighted by molar-refractivity contribution is 0.0163. The Morgan fingerprint density at radius 2 is 2.08 bits per heavy atom. The molecular weight excluding hydrogens is 500 g/mol. The van der Waals surface area contributed by atoms with Crippen LogP contribution in [0.2, 0.25) is 0 Å². The number of ether oxygens (including phenoxy) is 1. The minimum Gasteiger partial charge on any atom is -0.444 e. The van der Waals surface area contributed by atoms with Crippen LogP contribution in [-0.4, -0.2) is 55.1 Å². The molecule has 3 aliphatic rings. The number of halogens is 1. The molecule has 2 aliphatic carbocycles. The van der Waals surface area contributed by atoms with Gasteiger partial charge in [0.1, 0.15) is 5.60 Å². The molecule has 0 aromatic carbocycles. The van der Waals surface area contributed by atoms with Gasteiger partial charge in [-0.05, 0) is 87.8 Å². The fraction of sp³-hybridized carbons (Fsp3) is 0.567. The Labute approximate surface area is 230 Å². The molecule has 1 aliphatic heterocycles. The summed E-state index contributed by atoms with van der Waals surface area (Å²) in [5.41, 5.74) is 3.78. The van der Waals surface area contributed by atoms with Gasteiger partial charge >= 0.3 is 6.09 Å². The number of piperidine rings is 1. The van der Waals surface area contributed by atoms with Crippen molar-refractivity contribution in [3.63, 3.8) is 0 Å². The molecule has 1 amide bonds. The van der Waals surface area contributed by atoms with E-state index >= 15 is 0 Å². The Morgan fingerprint density at radius 3 is 2.79 bits per heavy atom. The van der Waals surface area contributed by atoms with Gasteiger partial charge in [0.05, 0.1) is 35.4 Å². The number of likely N-dealkylation sites (tertiary alicyclic amines) is 1. The van der Waals surface area contributed by atoms with E-state index in [1.807, 2.05) is 37.9 Å². The molecular formula is C30H39ClN4O3. The summed E-state index contributed by atoms with van der Waals surface area (Å²) in [6.07, 6.45) is 15.3. The number of aliphatic hydroxyl groups is 1. The predicted molar refractivity (Wildman–Crippen MR) is 149 cm³/mol. The second kappa shape index (κ2) is 11.2. The quantitative estimate of drug-likeness (QED) is 0.347. The van der Waals surface area contributed by atoms with E-state index in [-0.39, 0.29) is 17.4 Å². The maximum absolute atomic E-state index is 12.7. The number of carbonyl (C=O) groups excluding carboxylic acids is 1. The number of hydrogen-bond donors (Lipinski definition) is 2. The molecule has 1 fully saturated rings. The van der Waals surface area contributed by atoms with Crippen molar-refractivity contribution in [2.75, 3.05) is 13.1 Å². The summed E-state index contributed by atoms with van der Waals surface area (Å²) in [5, 5.41) is 10.7. The second-order valence-corrected chi connectivity index (χ2v) is 12.5. The molecule has 204 valence electrons. The lowest BCUT2D eigenvalue weighted by Crippen LogP contribution is -2.43. The van der Waals surface area contributed by atoms with Crippen LogP contribution in [0.25, 0.3) is 5.57 Å². The molecule has 2 aromatic rings. The fourth-order valence-electron chi connectivity index (χ4n) is 6.36. The van der Waals surface area contributed by atoms with Crippen LogP contribution in [0.5, 0.6) is 0 Å². The van der Waals surface area contributed by atoms with Crippen LogP contribution in [0.15, 0.2) is 49.1 Å². The number of aliphatic hydroxyl groups excluding tert-OH is 1. The zero-order chi connectivity index (χ0) is 26.9. The lowest BCUT2D eigenvalue weighted by atomic mass is 9.68. The number of nitrogens with one attached hydrogen (secondary N) is 1. The summed E-state index contributed by atoms with van der Waals surface area (Å²) in [4.78, 5) is 26.6. The number of pyridine rings is 1. The zero-order valence-electron chi connectivity index (χ0n) is 22.5. The summed E-state index contributed by atoms with van der Waals surface area (Å²) in [6, 6.07) is 4.19. The Kier molecular flexibility index (Phi) is 7.96. The molecule has 0 saturated carbocycles. The molecule has 38 heavy (non-hydrogen) atoms. The standard InChI is InChI=1S/C30H39ClN4O3/c1-30(2,3)38-29(37)35-13-10-19(11-14-35)27-23-8-7-22(31)16-21(23)15-20(24-5-4-12-33-28(24)27)6-9-26(36)25-17-32-18-34-25/h4-5,7-8,12,15,17-19,21-23,26-27,36H,6,9-11,13-14,16H2,1-3H3,(H,32,34). The largest absolute Gasteiger partial charge is 0.444 e. The monoisotopic (exact) mass is 538 g/mol. The van der Waals surface area contributed by atoms with E-state index in [4.69, 9.17) is 21.3 Å². The lowest BCUT2D eigenvalue weighted by Gasteiger charge is -2.41. The minimum atomic E-state index is -0.599. The average molecular weight is 539 g/mol. The van der Waals surface area contributed by atoms with Gasteiger partial charge in [0.2, 0.25) is 0 Å². The third kappa shape index (κ3) is 5.99. The maximum Gasteiger partial charge on any atom is 0.410 e. The predicted octanol–water partition coefficient (Wildman–Crippen LogP) is 6.25. The number of fused-ring (bicyclic) bond motifs is 2. The van der Waals surface area contributed by atoms with Gasteiger partial charge in [-0.25, -0.2) is 9.78 Å². The third-order valence-electron chi connectivity index (χ3n) is 8.13. The summed E-state index contributed by atoms with van der Waals surface area (Å²) < 4.78 is 5.63. The normalized spacial score (nSPS) is 26.7. The van der Waals surface area contributed by atoms with E-state index in [9.17, 15) is 9.90 Å². The first-order valence-electron chi connectivity index (χ1n) is 13.8. The second-order valence-electron chi connectivity index (χ2n) is 11.9. The topological polar surface area (TPSA) is 91.3 Å². The number of H-pyrrole nitrogens is 1. The molecule has 7 nitrogen and oxygen atoms in total. The molecule has 5 rings (SSSR count). The van der Waals surface area contributed by atoms with E-state index in [1.165, 1.54) is 11.1 Å². The number of imidazole rings is 1. The van der Waals surface area contributed by atoms with Gasteiger partial charge in [0.25, 0.3) is 0 Å². The third-order valence-corrected chi connectivity index (χ3v) is 8.45. The first-order chi connectivity index (χ1) is 18.2. The molecule has 2 aromatic heterocycles. The molecule has 1 saturated heterocycles. The fourth-order valence-corrected chi connectivity index (χ4v) is 6.65. The Hall–Kier alpha value is -2.64. The molecule has 0 radical (unpaired) electrons. The number of aromatic nitrogens is 3. The van der Waals surface area contributed by atoms with Gasteiger partial charge in [0, 0.05) is 25.2 Å². The Morgan fingerprint density at radius 1 is 1.29 bits per heavy atom. The van der Waals surface area contributed by atoms with Crippen molar-refractivity contribution in [3.8, 4) is 0 Å². The minimum absolute atomic E-state index is 0.00757. The van der Waals surface area contributed by atoms with Crippen molar-refractivity contribution < 1.29 is 14.6 Å². The van der Waals surface area contributed by atoms with Gasteiger partial charge in [-0.1, -0.05) is 24.3 Å². The van der Waals surface area contributed by atoms with Gasteiger partial charge in [-0.3, -0.25) is 4.98 Å². The van der Waals surface area contributed by atoms with E-state index in [0.717, 1.165) is 37.1 Å². The van der Waals surface area contributed by atoms with Crippen LogP contribution in [0.3, 0.4) is 0 Å². The number of alkyl halides is 1. The molecule has 0 bridgehead atoms. The van der Waals surface area contributed by atoms with Crippen molar-refractivity contribution in [2.45, 2.75) is 75.9 Å². The molecule has 0 spiro atoms. The van der Waals surface area contributed by atoms with Gasteiger partial charge < -0.3 is 19.7 Å². The summed E-state index contributed by atoms with van der Waals surface area (Å²) in [6.45, 7) is 7.10. The zero-order valence-corrected chi connectivity index (χ0v) is 23.3. The van der Waals surface area contributed by atoms with E-state index in [2.05, 4.69) is 34.3 Å². The van der Waals surface area contributed by atoms with E-state index in [1.54, 1.807) is 12.5 Å². The van der Waals surface area contributed by atoms with Crippen LogP contribution in [-0.2, 0) is 4.74 Å². The molecule has 5 atom stereocenters. The highest BCUT2D eigenvalue weighted by Crippen LogP contribution is 2.50. The summed E-state index contributed by atoms with van der Waals surface area (Å²) >= 11 is 6.64. The van der Waals surface area contributed by atoms with Crippen LogP contribution < -0.4 is 0 Å². The van der Waals surface area contributed by atoms with Crippen molar-refractivity contribution in [1.29, 1.82) is 0 Å². The number of carbonyl (C=O) groups is 1. The summed E-state index contributed by atoms with van der Waals surface area (Å²) in [5.74, 6) is 1.23. The van der Waals surface area contributed by atoms with Crippen molar-refractivity contribution in [1.82, 2.24) is 19.9 Å². The number of allylic oxidation sites excluding steroid dienone is 4. The van der Waals surface area contributed by atoms with Crippen LogP contribution in [0, 0.1) is 17.8 Å². The number of hydrogen-bond acceptors (Lipinski definition) is 5. The van der Waals surface area contributed by atoms with Crippen molar-refractivity contribution in [2.24, 2.45) is 17.8 Å². The molecule has 2 N–H and O–H groups in total. The highest BCUT2D eigenvalue weighted by molar-refractivity contribution is 6.21. The highest BCUT2D eigenvalue weighted by Gasteiger charge is 2.42. The maximum atomic E-state index is 12.7. The number of amides is 1. The average Bonchev–Trinajstić information content (AvgIpc) is 3.38. The van der Waals surface area contributed by atoms with Crippen LogP contribution >= 0.6 is 11.6 Å². The molecule has 5 unspecified atom stereocenters. The van der Waals surface area contributed by atoms with Gasteiger partial charge in [-0.2, -0.15) is 0 Å². The number of aromatic amines is 1. The van der Waals surface area contributed by atoms with Crippen LogP contribution in [0.1, 0.15) is 81.8 Å². The Bertz CT molecular complexity index is 1160. The van der Waals surface area contributed by atoms with Gasteiger partial charge in [0.15, 0.2) is 0 Å². The molecule has 8 heteroatoms. The Balaban J connectivity index is 1.40. The highest BCUT2D eigenvalue weighted by atomic mass is 35.5. The van der Waals surface area contributed by atoms with Gasteiger partial charge in [-0.15, -0.1) is 11.6 Å². The van der Waals surface area contributed by atoms with E-state index < -0.39 is 11.7 Å². The van der Waals surface area contributed by atoms with Crippen molar-refractivity contribution in [3.05, 3.63) is 66.0 Å². The first-order valence-corrected chi connectivity index (χ1v) is 14.3. The summed E-state index contributed by atoms with van der Waals surface area (Å²) in [7, 11) is 0. The van der Waals surface area contributed by atoms with E-state index in [0.29, 0.717) is 37.3 Å². The van der Waals surface area contributed by atoms with Crippen LogP contribution in [0.4, 0.5) is 4.79 Å². The first kappa shape index (κ1) is 26.9. The number of rotatable bonds is 5. The number of nitrogens with zero attached hydrogens (tertiary/aromatic N) is 3. The molecule has 3 heterocycles.